The van der Waals surface area contributed by atoms with E-state index in [4.69, 9.17) is 9.57 Å². The van der Waals surface area contributed by atoms with Crippen molar-refractivity contribution in [2.75, 3.05) is 6.61 Å². The van der Waals surface area contributed by atoms with Crippen molar-refractivity contribution in [1.29, 1.82) is 0 Å². The molecule has 3 rings (SSSR count). The van der Waals surface area contributed by atoms with Crippen LogP contribution < -0.4 is 10.2 Å². The molecule has 1 saturated heterocycles. The standard InChI is InChI=1S/C15H15NO2/c1-2-6-13(7-3-1)18-14-8-4-5-12(11-14)15-9-10-17-16-15/h1-8,11,15-16H,9-10H2. The van der Waals surface area contributed by atoms with Crippen LogP contribution in [0.25, 0.3) is 0 Å². The van der Waals surface area contributed by atoms with Crippen LogP contribution in [0.5, 0.6) is 11.5 Å². The number of hydrogen-bond acceptors (Lipinski definition) is 3. The summed E-state index contributed by atoms with van der Waals surface area (Å²) < 4.78 is 5.81. The van der Waals surface area contributed by atoms with Gasteiger partial charge in [-0.05, 0) is 36.2 Å². The molecule has 0 spiro atoms. The highest BCUT2D eigenvalue weighted by Gasteiger charge is 2.17. The lowest BCUT2D eigenvalue weighted by Gasteiger charge is -2.11. The largest absolute Gasteiger partial charge is 0.457 e. The third-order valence-electron chi connectivity index (χ3n) is 2.97. The number of para-hydroxylation sites is 1. The van der Waals surface area contributed by atoms with Crippen LogP contribution in [-0.4, -0.2) is 6.61 Å². The van der Waals surface area contributed by atoms with Gasteiger partial charge in [0.05, 0.1) is 12.6 Å². The normalized spacial score (nSPS) is 18.8. The Labute approximate surface area is 106 Å². The predicted molar refractivity (Wildman–Crippen MR) is 69.4 cm³/mol. The van der Waals surface area contributed by atoms with Crippen molar-refractivity contribution >= 4 is 0 Å². The van der Waals surface area contributed by atoms with E-state index in [1.165, 1.54) is 5.56 Å². The fraction of sp³-hybridized carbons (Fsp3) is 0.200. The minimum absolute atomic E-state index is 0.268. The number of ether oxygens (including phenoxy) is 1. The molecule has 2 aromatic rings. The molecule has 0 radical (unpaired) electrons. The maximum Gasteiger partial charge on any atom is 0.127 e. The Hall–Kier alpha value is -1.84. The van der Waals surface area contributed by atoms with E-state index in [0.717, 1.165) is 24.5 Å². The Morgan fingerprint density at radius 3 is 2.61 bits per heavy atom. The van der Waals surface area contributed by atoms with Gasteiger partial charge in [0.15, 0.2) is 0 Å². The minimum atomic E-state index is 0.268. The fourth-order valence-corrected chi connectivity index (χ4v) is 2.05. The van der Waals surface area contributed by atoms with E-state index in [1.54, 1.807) is 0 Å². The SMILES string of the molecule is c1ccc(Oc2cccc(C3CCON3)c2)cc1. The van der Waals surface area contributed by atoms with E-state index in [0.29, 0.717) is 0 Å². The summed E-state index contributed by atoms with van der Waals surface area (Å²) in [5.74, 6) is 1.71. The summed E-state index contributed by atoms with van der Waals surface area (Å²) in [7, 11) is 0. The van der Waals surface area contributed by atoms with E-state index < -0.39 is 0 Å². The molecule has 1 N–H and O–H groups in total. The Bertz CT molecular complexity index is 507. The zero-order valence-electron chi connectivity index (χ0n) is 10.0. The third kappa shape index (κ3) is 2.53. The number of rotatable bonds is 3. The van der Waals surface area contributed by atoms with Crippen molar-refractivity contribution in [3.05, 3.63) is 60.2 Å². The molecule has 0 amide bonds. The molecule has 18 heavy (non-hydrogen) atoms. The Balaban J connectivity index is 1.78. The molecular formula is C15H15NO2. The molecule has 0 aromatic heterocycles. The van der Waals surface area contributed by atoms with Crippen molar-refractivity contribution in [1.82, 2.24) is 5.48 Å². The van der Waals surface area contributed by atoms with Gasteiger partial charge in [-0.15, -0.1) is 0 Å². The maximum absolute atomic E-state index is 5.81. The van der Waals surface area contributed by atoms with E-state index in [9.17, 15) is 0 Å². The molecule has 3 nitrogen and oxygen atoms in total. The summed E-state index contributed by atoms with van der Waals surface area (Å²) >= 11 is 0. The number of nitrogens with one attached hydrogen (secondary N) is 1. The highest BCUT2D eigenvalue weighted by atomic mass is 16.7. The highest BCUT2D eigenvalue weighted by molar-refractivity contribution is 5.35. The molecule has 1 aliphatic heterocycles. The molecule has 92 valence electrons. The van der Waals surface area contributed by atoms with Gasteiger partial charge in [0.2, 0.25) is 0 Å². The molecule has 1 fully saturated rings. The molecule has 0 saturated carbocycles. The lowest BCUT2D eigenvalue weighted by Crippen LogP contribution is -2.11. The second-order valence-electron chi connectivity index (χ2n) is 4.30. The second-order valence-corrected chi connectivity index (χ2v) is 4.30. The monoisotopic (exact) mass is 241 g/mol. The van der Waals surface area contributed by atoms with Gasteiger partial charge in [0, 0.05) is 0 Å². The molecular weight excluding hydrogens is 226 g/mol. The summed E-state index contributed by atoms with van der Waals surface area (Å²) in [5, 5.41) is 0. The van der Waals surface area contributed by atoms with Gasteiger partial charge in [0.1, 0.15) is 11.5 Å². The van der Waals surface area contributed by atoms with Crippen molar-refractivity contribution in [3.8, 4) is 11.5 Å². The molecule has 1 heterocycles. The van der Waals surface area contributed by atoms with Crippen LogP contribution in [0, 0.1) is 0 Å². The quantitative estimate of drug-likeness (QED) is 0.892. The van der Waals surface area contributed by atoms with E-state index in [-0.39, 0.29) is 6.04 Å². The average Bonchev–Trinajstić information content (AvgIpc) is 2.94. The lowest BCUT2D eigenvalue weighted by atomic mass is 10.1. The topological polar surface area (TPSA) is 30.5 Å². The molecule has 1 aliphatic rings. The van der Waals surface area contributed by atoms with Crippen LogP contribution >= 0.6 is 0 Å². The first-order chi connectivity index (χ1) is 8.92. The smallest absolute Gasteiger partial charge is 0.127 e. The van der Waals surface area contributed by atoms with Gasteiger partial charge < -0.3 is 9.57 Å². The van der Waals surface area contributed by atoms with E-state index in [1.807, 2.05) is 42.5 Å². The minimum Gasteiger partial charge on any atom is -0.457 e. The summed E-state index contributed by atoms with van der Waals surface area (Å²) in [6.07, 6.45) is 0.995. The molecule has 3 heteroatoms. The first-order valence-corrected chi connectivity index (χ1v) is 6.12. The highest BCUT2D eigenvalue weighted by Crippen LogP contribution is 2.27. The van der Waals surface area contributed by atoms with Gasteiger partial charge >= 0.3 is 0 Å². The van der Waals surface area contributed by atoms with Crippen LogP contribution in [0.15, 0.2) is 54.6 Å². The van der Waals surface area contributed by atoms with Gasteiger partial charge in [-0.2, -0.15) is 5.48 Å². The predicted octanol–water partition coefficient (Wildman–Crippen LogP) is 3.44. The fourth-order valence-electron chi connectivity index (χ4n) is 2.05. The van der Waals surface area contributed by atoms with Crippen molar-refractivity contribution in [3.63, 3.8) is 0 Å². The van der Waals surface area contributed by atoms with Crippen molar-refractivity contribution in [2.45, 2.75) is 12.5 Å². The molecule has 1 unspecified atom stereocenters. The molecule has 0 bridgehead atoms. The van der Waals surface area contributed by atoms with Gasteiger partial charge in [-0.25, -0.2) is 0 Å². The molecule has 0 aliphatic carbocycles. The third-order valence-corrected chi connectivity index (χ3v) is 2.97. The van der Waals surface area contributed by atoms with E-state index >= 15 is 0 Å². The second kappa shape index (κ2) is 5.21. The van der Waals surface area contributed by atoms with Crippen molar-refractivity contribution in [2.24, 2.45) is 0 Å². The Morgan fingerprint density at radius 1 is 1.00 bits per heavy atom. The Kier molecular flexibility index (Phi) is 3.26. The Morgan fingerprint density at radius 2 is 1.83 bits per heavy atom. The first-order valence-electron chi connectivity index (χ1n) is 6.12. The summed E-state index contributed by atoms with van der Waals surface area (Å²) in [4.78, 5) is 5.18. The lowest BCUT2D eigenvalue weighted by molar-refractivity contribution is 0.0882. The summed E-state index contributed by atoms with van der Waals surface area (Å²) in [6, 6.07) is 18.2. The zero-order chi connectivity index (χ0) is 12.2. The van der Waals surface area contributed by atoms with Gasteiger partial charge in [0.25, 0.3) is 0 Å². The van der Waals surface area contributed by atoms with Gasteiger partial charge in [-0.3, -0.25) is 0 Å². The first kappa shape index (κ1) is 11.3. The number of hydroxylamine groups is 1. The average molecular weight is 241 g/mol. The summed E-state index contributed by atoms with van der Waals surface area (Å²) in [6.45, 7) is 0.758. The number of benzene rings is 2. The number of hydrogen-bond donors (Lipinski definition) is 1. The van der Waals surface area contributed by atoms with Crippen LogP contribution in [-0.2, 0) is 4.84 Å². The van der Waals surface area contributed by atoms with Gasteiger partial charge in [-0.1, -0.05) is 30.3 Å². The van der Waals surface area contributed by atoms with Crippen LogP contribution in [0.1, 0.15) is 18.0 Å². The zero-order valence-corrected chi connectivity index (χ0v) is 10.0. The van der Waals surface area contributed by atoms with E-state index in [2.05, 4.69) is 17.6 Å². The molecule has 2 aromatic carbocycles. The van der Waals surface area contributed by atoms with Crippen LogP contribution in [0.4, 0.5) is 0 Å². The van der Waals surface area contributed by atoms with Crippen molar-refractivity contribution < 1.29 is 9.57 Å². The summed E-state index contributed by atoms with van der Waals surface area (Å²) in [5.41, 5.74) is 4.20. The van der Waals surface area contributed by atoms with Crippen LogP contribution in [0.3, 0.4) is 0 Å². The maximum atomic E-state index is 5.81. The molecule has 1 atom stereocenters. The van der Waals surface area contributed by atoms with Crippen LogP contribution in [0.2, 0.25) is 0 Å².